The highest BCUT2D eigenvalue weighted by molar-refractivity contribution is 8.00. The Morgan fingerprint density at radius 1 is 1.23 bits per heavy atom. The van der Waals surface area contributed by atoms with Gasteiger partial charge in [-0.25, -0.2) is 4.98 Å². The van der Waals surface area contributed by atoms with Crippen LogP contribution in [0, 0.1) is 0 Å². The molecule has 0 aliphatic rings. The van der Waals surface area contributed by atoms with Crippen molar-refractivity contribution in [2.75, 3.05) is 5.32 Å². The van der Waals surface area contributed by atoms with E-state index in [-0.39, 0.29) is 11.2 Å². The molecule has 1 unspecified atom stereocenters. The lowest BCUT2D eigenvalue weighted by Crippen LogP contribution is -2.22. The molecule has 2 N–H and O–H groups in total. The summed E-state index contributed by atoms with van der Waals surface area (Å²) in [6.45, 7) is 1.84. The summed E-state index contributed by atoms with van der Waals surface area (Å²) in [5, 5.41) is 3.79. The Balaban J connectivity index is 1.69. The molecule has 0 radical (unpaired) electrons. The van der Waals surface area contributed by atoms with E-state index in [4.69, 9.17) is 11.6 Å². The van der Waals surface area contributed by atoms with Gasteiger partial charge in [-0.3, -0.25) is 4.79 Å². The first kappa shape index (κ1) is 14.9. The molecule has 0 saturated carbocycles. The number of anilines is 1. The summed E-state index contributed by atoms with van der Waals surface area (Å²) in [6, 6.07) is 15.0. The van der Waals surface area contributed by atoms with E-state index in [9.17, 15) is 4.79 Å². The molecule has 0 bridgehead atoms. The minimum atomic E-state index is -0.295. The molecule has 0 aliphatic heterocycles. The van der Waals surface area contributed by atoms with Crippen LogP contribution in [0.1, 0.15) is 6.92 Å². The van der Waals surface area contributed by atoms with Gasteiger partial charge in [-0.1, -0.05) is 47.6 Å². The first-order valence-corrected chi connectivity index (χ1v) is 8.06. The van der Waals surface area contributed by atoms with Gasteiger partial charge in [0.2, 0.25) is 5.91 Å². The molecule has 112 valence electrons. The fourth-order valence-corrected chi connectivity index (χ4v) is 3.01. The van der Waals surface area contributed by atoms with Crippen LogP contribution in [0.5, 0.6) is 0 Å². The second-order valence-corrected chi connectivity index (χ2v) is 6.52. The number of thioether (sulfide) groups is 1. The number of hydrogen-bond acceptors (Lipinski definition) is 3. The zero-order chi connectivity index (χ0) is 15.5. The van der Waals surface area contributed by atoms with Crippen molar-refractivity contribution in [2.45, 2.75) is 17.3 Å². The van der Waals surface area contributed by atoms with Gasteiger partial charge >= 0.3 is 0 Å². The van der Waals surface area contributed by atoms with E-state index in [2.05, 4.69) is 15.3 Å². The number of amides is 1. The highest BCUT2D eigenvalue weighted by Crippen LogP contribution is 2.26. The lowest BCUT2D eigenvalue weighted by molar-refractivity contribution is -0.115. The Morgan fingerprint density at radius 2 is 1.95 bits per heavy atom. The number of nitrogens with zero attached hydrogens (tertiary/aromatic N) is 1. The maximum absolute atomic E-state index is 12.3. The van der Waals surface area contributed by atoms with E-state index < -0.39 is 0 Å². The molecule has 1 amide bonds. The van der Waals surface area contributed by atoms with Crippen molar-refractivity contribution in [1.82, 2.24) is 9.97 Å². The maximum Gasteiger partial charge on any atom is 0.237 e. The van der Waals surface area contributed by atoms with Crippen molar-refractivity contribution in [1.29, 1.82) is 0 Å². The number of aromatic amines is 1. The summed E-state index contributed by atoms with van der Waals surface area (Å²) >= 11 is 7.43. The minimum Gasteiger partial charge on any atom is -0.333 e. The van der Waals surface area contributed by atoms with Gasteiger partial charge in [0.25, 0.3) is 0 Å². The topological polar surface area (TPSA) is 57.8 Å². The molecule has 3 rings (SSSR count). The van der Waals surface area contributed by atoms with Crippen molar-refractivity contribution in [3.63, 3.8) is 0 Å². The number of hydrogen-bond donors (Lipinski definition) is 2. The number of carbonyl (C=O) groups is 1. The number of fused-ring (bicyclic) bond motifs is 1. The second kappa shape index (κ2) is 6.42. The number of benzene rings is 2. The fraction of sp³-hybridized carbons (Fsp3) is 0.125. The first-order chi connectivity index (χ1) is 10.6. The largest absolute Gasteiger partial charge is 0.333 e. The van der Waals surface area contributed by atoms with Gasteiger partial charge in [0.15, 0.2) is 5.16 Å². The molecular formula is C16H14ClN3OS. The van der Waals surface area contributed by atoms with Crippen LogP contribution in [0.15, 0.2) is 53.7 Å². The third kappa shape index (κ3) is 3.26. The highest BCUT2D eigenvalue weighted by atomic mass is 35.5. The van der Waals surface area contributed by atoms with E-state index >= 15 is 0 Å². The smallest absolute Gasteiger partial charge is 0.237 e. The normalized spacial score (nSPS) is 12.3. The summed E-state index contributed by atoms with van der Waals surface area (Å²) in [5.41, 5.74) is 2.47. The van der Waals surface area contributed by atoms with Crippen LogP contribution >= 0.6 is 23.4 Å². The van der Waals surface area contributed by atoms with E-state index in [1.54, 1.807) is 12.1 Å². The molecule has 22 heavy (non-hydrogen) atoms. The van der Waals surface area contributed by atoms with Crippen molar-refractivity contribution >= 4 is 46.0 Å². The van der Waals surface area contributed by atoms with Gasteiger partial charge in [-0.15, -0.1) is 0 Å². The number of aromatic nitrogens is 2. The monoisotopic (exact) mass is 331 g/mol. The molecular weight excluding hydrogens is 318 g/mol. The first-order valence-electron chi connectivity index (χ1n) is 6.80. The van der Waals surface area contributed by atoms with Gasteiger partial charge in [0.05, 0.1) is 27.0 Å². The van der Waals surface area contributed by atoms with Gasteiger partial charge in [-0.2, -0.15) is 0 Å². The Labute approximate surface area is 137 Å². The maximum atomic E-state index is 12.3. The predicted molar refractivity (Wildman–Crippen MR) is 91.5 cm³/mol. The average Bonchev–Trinajstić information content (AvgIpc) is 2.91. The Bertz CT molecular complexity index is 785. The molecule has 2 aromatic carbocycles. The van der Waals surface area contributed by atoms with Crippen LogP contribution in [-0.4, -0.2) is 21.1 Å². The lowest BCUT2D eigenvalue weighted by Gasteiger charge is -2.11. The highest BCUT2D eigenvalue weighted by Gasteiger charge is 2.17. The minimum absolute atomic E-state index is 0.112. The molecule has 3 aromatic rings. The van der Waals surface area contributed by atoms with E-state index in [1.165, 1.54) is 11.8 Å². The van der Waals surface area contributed by atoms with Crippen LogP contribution in [0.4, 0.5) is 5.69 Å². The molecule has 0 saturated heterocycles. The van der Waals surface area contributed by atoms with Crippen molar-refractivity contribution in [2.24, 2.45) is 0 Å². The van der Waals surface area contributed by atoms with E-state index in [1.807, 2.05) is 43.3 Å². The summed E-state index contributed by atoms with van der Waals surface area (Å²) in [4.78, 5) is 19.9. The SMILES string of the molecule is CC(Sc1nc2ccccc2[nH]1)C(=O)Nc1ccccc1Cl. The summed E-state index contributed by atoms with van der Waals surface area (Å²) < 4.78 is 0. The molecule has 6 heteroatoms. The number of carbonyl (C=O) groups excluding carboxylic acids is 1. The van der Waals surface area contributed by atoms with Crippen LogP contribution in [-0.2, 0) is 4.79 Å². The van der Waals surface area contributed by atoms with Crippen molar-refractivity contribution < 1.29 is 4.79 Å². The van der Waals surface area contributed by atoms with Crippen LogP contribution < -0.4 is 5.32 Å². The zero-order valence-corrected chi connectivity index (χ0v) is 13.4. The number of H-pyrrole nitrogens is 1. The lowest BCUT2D eigenvalue weighted by atomic mass is 10.3. The van der Waals surface area contributed by atoms with Gasteiger partial charge < -0.3 is 10.3 Å². The third-order valence-electron chi connectivity index (χ3n) is 3.16. The zero-order valence-electron chi connectivity index (χ0n) is 11.8. The van der Waals surface area contributed by atoms with Crippen molar-refractivity contribution in [3.8, 4) is 0 Å². The quantitative estimate of drug-likeness (QED) is 0.699. The van der Waals surface area contributed by atoms with Gasteiger partial charge in [-0.05, 0) is 31.2 Å². The molecule has 4 nitrogen and oxygen atoms in total. The Morgan fingerprint density at radius 3 is 2.73 bits per heavy atom. The number of nitrogens with one attached hydrogen (secondary N) is 2. The summed E-state index contributed by atoms with van der Waals surface area (Å²) in [5.74, 6) is -0.112. The van der Waals surface area contributed by atoms with Gasteiger partial charge in [0, 0.05) is 0 Å². The predicted octanol–water partition coefficient (Wildman–Crippen LogP) is 4.34. The Kier molecular flexibility index (Phi) is 4.36. The van der Waals surface area contributed by atoms with Crippen molar-refractivity contribution in [3.05, 3.63) is 53.6 Å². The standard InChI is InChI=1S/C16H14ClN3OS/c1-10(15(21)18-12-7-3-2-6-11(12)17)22-16-19-13-8-4-5-9-14(13)20-16/h2-10H,1H3,(H,18,21)(H,19,20). The van der Waals surface area contributed by atoms with Gasteiger partial charge in [0.1, 0.15) is 0 Å². The molecule has 0 aliphatic carbocycles. The molecule has 1 aromatic heterocycles. The molecule has 0 fully saturated rings. The van der Waals surface area contributed by atoms with E-state index in [0.29, 0.717) is 10.7 Å². The van der Waals surface area contributed by atoms with Crippen LogP contribution in [0.3, 0.4) is 0 Å². The molecule has 1 atom stereocenters. The average molecular weight is 332 g/mol. The summed E-state index contributed by atoms with van der Waals surface area (Å²) in [6.07, 6.45) is 0. The summed E-state index contributed by atoms with van der Waals surface area (Å²) in [7, 11) is 0. The third-order valence-corrected chi connectivity index (χ3v) is 4.47. The molecule has 1 heterocycles. The fourth-order valence-electron chi connectivity index (χ4n) is 2.00. The second-order valence-electron chi connectivity index (χ2n) is 4.79. The van der Waals surface area contributed by atoms with Crippen LogP contribution in [0.25, 0.3) is 11.0 Å². The molecule has 0 spiro atoms. The number of rotatable bonds is 4. The Hall–Kier alpha value is -1.98. The number of halogens is 1. The van der Waals surface area contributed by atoms with Crippen LogP contribution in [0.2, 0.25) is 5.02 Å². The number of imidazole rings is 1. The van der Waals surface area contributed by atoms with E-state index in [0.717, 1.165) is 16.2 Å². The number of para-hydroxylation sites is 3.